The number of rotatable bonds is 6. The third kappa shape index (κ3) is 7.47. The molecule has 1 saturated heterocycles. The standard InChI is InChI=1S/C13H20N4O2.2ClH/c18-13(11-10-19-9-8-14-11)17-7-3-6-16-12-4-1-2-5-15-12;;/h1-2,4-5,11,14H,3,6-10H2,(H,15,16)(H,17,18);2*1H. The zero-order chi connectivity index (χ0) is 13.3. The first kappa shape index (κ1) is 19.9. The van der Waals surface area contributed by atoms with Gasteiger partial charge in [-0.25, -0.2) is 4.98 Å². The minimum Gasteiger partial charge on any atom is -0.378 e. The van der Waals surface area contributed by atoms with Crippen LogP contribution in [0.4, 0.5) is 5.82 Å². The number of pyridine rings is 1. The third-order valence-electron chi connectivity index (χ3n) is 2.86. The molecular weight excluding hydrogens is 315 g/mol. The SMILES string of the molecule is Cl.Cl.O=C(NCCCNc1ccccn1)C1COCCN1. The van der Waals surface area contributed by atoms with Gasteiger partial charge in [0.05, 0.1) is 13.2 Å². The second kappa shape index (κ2) is 11.6. The van der Waals surface area contributed by atoms with E-state index < -0.39 is 0 Å². The van der Waals surface area contributed by atoms with E-state index >= 15 is 0 Å². The highest BCUT2D eigenvalue weighted by Crippen LogP contribution is 1.99. The lowest BCUT2D eigenvalue weighted by atomic mass is 10.2. The van der Waals surface area contributed by atoms with E-state index in [2.05, 4.69) is 20.9 Å². The van der Waals surface area contributed by atoms with Gasteiger partial charge < -0.3 is 20.7 Å². The number of amides is 1. The summed E-state index contributed by atoms with van der Waals surface area (Å²) >= 11 is 0. The molecule has 1 aliphatic rings. The van der Waals surface area contributed by atoms with Crippen LogP contribution in [0.15, 0.2) is 24.4 Å². The molecule has 0 spiro atoms. The van der Waals surface area contributed by atoms with Crippen molar-refractivity contribution in [3.63, 3.8) is 0 Å². The van der Waals surface area contributed by atoms with Crippen LogP contribution in [0.25, 0.3) is 0 Å². The lowest BCUT2D eigenvalue weighted by Gasteiger charge is -2.22. The van der Waals surface area contributed by atoms with Crippen molar-refractivity contribution in [1.29, 1.82) is 0 Å². The van der Waals surface area contributed by atoms with Gasteiger partial charge in [-0.15, -0.1) is 24.8 Å². The van der Waals surface area contributed by atoms with Crippen molar-refractivity contribution in [3.8, 4) is 0 Å². The number of anilines is 1. The number of ether oxygens (including phenoxy) is 1. The van der Waals surface area contributed by atoms with Gasteiger partial charge in [0.1, 0.15) is 11.9 Å². The normalized spacial score (nSPS) is 17.0. The van der Waals surface area contributed by atoms with Gasteiger partial charge in [-0.3, -0.25) is 4.79 Å². The zero-order valence-corrected chi connectivity index (χ0v) is 13.3. The number of carbonyl (C=O) groups is 1. The summed E-state index contributed by atoms with van der Waals surface area (Å²) in [4.78, 5) is 15.9. The van der Waals surface area contributed by atoms with Crippen molar-refractivity contribution in [1.82, 2.24) is 15.6 Å². The lowest BCUT2D eigenvalue weighted by molar-refractivity contribution is -0.125. The van der Waals surface area contributed by atoms with E-state index in [0.29, 0.717) is 19.8 Å². The van der Waals surface area contributed by atoms with E-state index in [1.54, 1.807) is 6.20 Å². The highest BCUT2D eigenvalue weighted by atomic mass is 35.5. The minimum atomic E-state index is -0.211. The van der Waals surface area contributed by atoms with Gasteiger partial charge in [0.15, 0.2) is 0 Å². The van der Waals surface area contributed by atoms with Crippen molar-refractivity contribution in [2.45, 2.75) is 12.5 Å². The van der Waals surface area contributed by atoms with Crippen LogP contribution < -0.4 is 16.0 Å². The van der Waals surface area contributed by atoms with Gasteiger partial charge in [0.25, 0.3) is 0 Å². The maximum absolute atomic E-state index is 11.7. The summed E-state index contributed by atoms with van der Waals surface area (Å²) in [6.07, 6.45) is 2.61. The van der Waals surface area contributed by atoms with E-state index in [0.717, 1.165) is 25.3 Å². The fourth-order valence-corrected chi connectivity index (χ4v) is 1.84. The van der Waals surface area contributed by atoms with Gasteiger partial charge >= 0.3 is 0 Å². The van der Waals surface area contributed by atoms with Crippen molar-refractivity contribution in [3.05, 3.63) is 24.4 Å². The van der Waals surface area contributed by atoms with Crippen LogP contribution in [0.2, 0.25) is 0 Å². The Balaban J connectivity index is 0.00000200. The largest absolute Gasteiger partial charge is 0.378 e. The molecule has 0 bridgehead atoms. The molecule has 0 saturated carbocycles. The van der Waals surface area contributed by atoms with Gasteiger partial charge in [-0.05, 0) is 18.6 Å². The minimum absolute atomic E-state index is 0. The van der Waals surface area contributed by atoms with Crippen LogP contribution in [-0.4, -0.2) is 49.8 Å². The van der Waals surface area contributed by atoms with Crippen LogP contribution in [-0.2, 0) is 9.53 Å². The molecule has 1 fully saturated rings. The topological polar surface area (TPSA) is 75.3 Å². The molecule has 3 N–H and O–H groups in total. The van der Waals surface area contributed by atoms with Crippen LogP contribution in [0.1, 0.15) is 6.42 Å². The Kier molecular flexibility index (Phi) is 11.0. The Morgan fingerprint density at radius 1 is 1.38 bits per heavy atom. The van der Waals surface area contributed by atoms with Gasteiger partial charge in [-0.1, -0.05) is 6.07 Å². The third-order valence-corrected chi connectivity index (χ3v) is 2.86. The molecule has 1 unspecified atom stereocenters. The highest BCUT2D eigenvalue weighted by Gasteiger charge is 2.20. The average molecular weight is 337 g/mol. The fourth-order valence-electron chi connectivity index (χ4n) is 1.84. The summed E-state index contributed by atoms with van der Waals surface area (Å²) in [6.45, 7) is 3.30. The Hall–Kier alpha value is -1.08. The monoisotopic (exact) mass is 336 g/mol. The first-order chi connectivity index (χ1) is 9.36. The quantitative estimate of drug-likeness (QED) is 0.671. The number of halogens is 2. The molecule has 120 valence electrons. The number of nitrogens with one attached hydrogen (secondary N) is 3. The molecule has 1 aromatic rings. The second-order valence-electron chi connectivity index (χ2n) is 4.37. The van der Waals surface area contributed by atoms with Gasteiger partial charge in [0.2, 0.25) is 5.91 Å². The van der Waals surface area contributed by atoms with E-state index in [9.17, 15) is 4.79 Å². The Morgan fingerprint density at radius 2 is 2.24 bits per heavy atom. The Morgan fingerprint density at radius 3 is 2.90 bits per heavy atom. The van der Waals surface area contributed by atoms with Crippen molar-refractivity contribution in [2.75, 3.05) is 38.2 Å². The molecule has 0 radical (unpaired) electrons. The summed E-state index contributed by atoms with van der Waals surface area (Å²) in [7, 11) is 0. The molecule has 1 amide bonds. The molecule has 0 aromatic carbocycles. The summed E-state index contributed by atoms with van der Waals surface area (Å²) in [6, 6.07) is 5.52. The number of nitrogens with zero attached hydrogens (tertiary/aromatic N) is 1. The summed E-state index contributed by atoms with van der Waals surface area (Å²) < 4.78 is 5.24. The molecule has 1 aromatic heterocycles. The maximum Gasteiger partial charge on any atom is 0.239 e. The molecule has 21 heavy (non-hydrogen) atoms. The number of hydrogen-bond acceptors (Lipinski definition) is 5. The molecule has 2 heterocycles. The number of morpholine rings is 1. The van der Waals surface area contributed by atoms with Gasteiger partial charge in [0, 0.05) is 25.8 Å². The summed E-state index contributed by atoms with van der Waals surface area (Å²) in [5.74, 6) is 0.869. The molecule has 1 aliphatic heterocycles. The lowest BCUT2D eigenvalue weighted by Crippen LogP contribution is -2.51. The van der Waals surface area contributed by atoms with Crippen molar-refractivity contribution in [2.24, 2.45) is 0 Å². The van der Waals surface area contributed by atoms with E-state index in [4.69, 9.17) is 4.74 Å². The van der Waals surface area contributed by atoms with Crippen LogP contribution in [0.5, 0.6) is 0 Å². The molecule has 6 nitrogen and oxygen atoms in total. The molecule has 8 heteroatoms. The first-order valence-electron chi connectivity index (χ1n) is 6.60. The van der Waals surface area contributed by atoms with Crippen molar-refractivity contribution >= 4 is 36.5 Å². The summed E-state index contributed by atoms with van der Waals surface area (Å²) in [5, 5.41) is 9.21. The Labute approximate surface area is 137 Å². The highest BCUT2D eigenvalue weighted by molar-refractivity contribution is 5.85. The summed E-state index contributed by atoms with van der Waals surface area (Å²) in [5.41, 5.74) is 0. The van der Waals surface area contributed by atoms with Gasteiger partial charge in [-0.2, -0.15) is 0 Å². The molecular formula is C13H22Cl2N4O2. The molecule has 1 atom stereocenters. The predicted octanol–water partition coefficient (Wildman–Crippen LogP) is 0.832. The van der Waals surface area contributed by atoms with E-state index in [-0.39, 0.29) is 36.8 Å². The Bertz CT molecular complexity index is 389. The van der Waals surface area contributed by atoms with Crippen LogP contribution >= 0.6 is 24.8 Å². The van der Waals surface area contributed by atoms with Crippen LogP contribution in [0.3, 0.4) is 0 Å². The number of hydrogen-bond donors (Lipinski definition) is 3. The fraction of sp³-hybridized carbons (Fsp3) is 0.538. The molecule has 0 aliphatic carbocycles. The molecule has 2 rings (SSSR count). The second-order valence-corrected chi connectivity index (χ2v) is 4.37. The van der Waals surface area contributed by atoms with E-state index in [1.165, 1.54) is 0 Å². The number of aromatic nitrogens is 1. The van der Waals surface area contributed by atoms with E-state index in [1.807, 2.05) is 18.2 Å². The smallest absolute Gasteiger partial charge is 0.239 e. The predicted molar refractivity (Wildman–Crippen MR) is 87.5 cm³/mol. The van der Waals surface area contributed by atoms with Crippen molar-refractivity contribution < 1.29 is 9.53 Å². The average Bonchev–Trinajstić information content (AvgIpc) is 2.49. The first-order valence-corrected chi connectivity index (χ1v) is 6.60. The van der Waals surface area contributed by atoms with Crippen LogP contribution in [0, 0.1) is 0 Å². The zero-order valence-electron chi connectivity index (χ0n) is 11.7. The number of carbonyl (C=O) groups excluding carboxylic acids is 1. The maximum atomic E-state index is 11.7.